The molecule has 1 aliphatic heterocycles. The number of benzene rings is 1. The summed E-state index contributed by atoms with van der Waals surface area (Å²) in [5.74, 6) is 0.673. The second-order valence-electron chi connectivity index (χ2n) is 6.74. The normalized spacial score (nSPS) is 18.0. The highest BCUT2D eigenvalue weighted by Crippen LogP contribution is 2.20. The van der Waals surface area contributed by atoms with E-state index in [9.17, 15) is 4.79 Å². The minimum atomic E-state index is -0.146. The quantitative estimate of drug-likeness (QED) is 0.782. The van der Waals surface area contributed by atoms with Crippen LogP contribution in [-0.2, 0) is 6.54 Å². The molecule has 128 valence electrons. The van der Waals surface area contributed by atoms with Crippen LogP contribution in [0.5, 0.6) is 0 Å². The number of nitrogens with one attached hydrogen (secondary N) is 2. The smallest absolute Gasteiger partial charge is 0.269 e. The number of amides is 1. The number of nitrogens with zero attached hydrogens (tertiary/aromatic N) is 2. The van der Waals surface area contributed by atoms with Gasteiger partial charge in [-0.25, -0.2) is 0 Å². The fourth-order valence-corrected chi connectivity index (χ4v) is 3.22. The van der Waals surface area contributed by atoms with Gasteiger partial charge in [-0.3, -0.25) is 14.8 Å². The SMILES string of the molecule is Cc1ccc(C)c(CN2CC[C@H](CNC(=O)c3cc(N)n[nH]3)C2)c1. The van der Waals surface area contributed by atoms with Crippen molar-refractivity contribution in [3.8, 4) is 0 Å². The summed E-state index contributed by atoms with van der Waals surface area (Å²) >= 11 is 0. The van der Waals surface area contributed by atoms with Crippen LogP contribution in [0.25, 0.3) is 0 Å². The highest BCUT2D eigenvalue weighted by molar-refractivity contribution is 5.92. The molecule has 1 aliphatic rings. The van der Waals surface area contributed by atoms with Crippen molar-refractivity contribution >= 4 is 11.7 Å². The molecule has 1 fully saturated rings. The number of aromatic amines is 1. The fraction of sp³-hybridized carbons (Fsp3) is 0.444. The molecule has 1 atom stereocenters. The third kappa shape index (κ3) is 3.94. The Kier molecular flexibility index (Phi) is 4.85. The van der Waals surface area contributed by atoms with Gasteiger partial charge in [0.15, 0.2) is 0 Å². The van der Waals surface area contributed by atoms with Gasteiger partial charge in [0.2, 0.25) is 0 Å². The van der Waals surface area contributed by atoms with E-state index in [4.69, 9.17) is 5.73 Å². The summed E-state index contributed by atoms with van der Waals surface area (Å²) in [7, 11) is 0. The molecular weight excluding hydrogens is 302 g/mol. The molecule has 0 saturated carbocycles. The number of anilines is 1. The van der Waals surface area contributed by atoms with Crippen LogP contribution in [0.2, 0.25) is 0 Å². The number of carbonyl (C=O) groups excluding carboxylic acids is 1. The van der Waals surface area contributed by atoms with Gasteiger partial charge in [0.05, 0.1) is 0 Å². The van der Waals surface area contributed by atoms with Gasteiger partial charge in [0.1, 0.15) is 11.5 Å². The van der Waals surface area contributed by atoms with Gasteiger partial charge in [-0.05, 0) is 43.9 Å². The molecular formula is C18H25N5O. The van der Waals surface area contributed by atoms with Crippen molar-refractivity contribution in [1.29, 1.82) is 0 Å². The van der Waals surface area contributed by atoms with Gasteiger partial charge in [0.25, 0.3) is 5.91 Å². The number of H-pyrrole nitrogens is 1. The van der Waals surface area contributed by atoms with Gasteiger partial charge in [-0.2, -0.15) is 5.10 Å². The molecule has 0 spiro atoms. The summed E-state index contributed by atoms with van der Waals surface area (Å²) in [6.07, 6.45) is 1.11. The van der Waals surface area contributed by atoms with E-state index in [2.05, 4.69) is 52.5 Å². The van der Waals surface area contributed by atoms with E-state index in [1.165, 1.54) is 16.7 Å². The zero-order chi connectivity index (χ0) is 17.1. The number of carbonyl (C=O) groups is 1. The van der Waals surface area contributed by atoms with Crippen molar-refractivity contribution in [2.75, 3.05) is 25.4 Å². The largest absolute Gasteiger partial charge is 0.382 e. The number of nitrogen functional groups attached to an aromatic ring is 1. The third-order valence-corrected chi connectivity index (χ3v) is 4.66. The first kappa shape index (κ1) is 16.5. The molecule has 0 bridgehead atoms. The maximum atomic E-state index is 12.0. The first-order chi connectivity index (χ1) is 11.5. The van der Waals surface area contributed by atoms with Gasteiger partial charge in [0, 0.05) is 25.7 Å². The number of nitrogens with two attached hydrogens (primary N) is 1. The molecule has 0 unspecified atom stereocenters. The van der Waals surface area contributed by atoms with Crippen molar-refractivity contribution in [2.24, 2.45) is 5.92 Å². The van der Waals surface area contributed by atoms with E-state index in [-0.39, 0.29) is 5.91 Å². The third-order valence-electron chi connectivity index (χ3n) is 4.66. The Morgan fingerprint density at radius 2 is 2.25 bits per heavy atom. The van der Waals surface area contributed by atoms with Gasteiger partial charge in [-0.15, -0.1) is 0 Å². The van der Waals surface area contributed by atoms with Crippen molar-refractivity contribution in [3.63, 3.8) is 0 Å². The summed E-state index contributed by atoms with van der Waals surface area (Å²) < 4.78 is 0. The van der Waals surface area contributed by atoms with Crippen molar-refractivity contribution in [1.82, 2.24) is 20.4 Å². The standard InChI is InChI=1S/C18H25N5O/c1-12-3-4-13(2)15(7-12)11-23-6-5-14(10-23)9-20-18(24)16-8-17(19)22-21-16/h3-4,7-8,14H,5-6,9-11H2,1-2H3,(H,20,24)(H3,19,21,22)/t14-/m1/s1. The topological polar surface area (TPSA) is 87.0 Å². The molecule has 3 rings (SSSR count). The number of aryl methyl sites for hydroxylation is 2. The zero-order valence-corrected chi connectivity index (χ0v) is 14.3. The predicted molar refractivity (Wildman–Crippen MR) is 94.6 cm³/mol. The minimum Gasteiger partial charge on any atom is -0.382 e. The predicted octanol–water partition coefficient (Wildman–Crippen LogP) is 1.86. The van der Waals surface area contributed by atoms with E-state index in [1.807, 2.05) is 0 Å². The van der Waals surface area contributed by atoms with E-state index < -0.39 is 0 Å². The van der Waals surface area contributed by atoms with Crippen molar-refractivity contribution in [2.45, 2.75) is 26.8 Å². The molecule has 1 aromatic heterocycles. The van der Waals surface area contributed by atoms with E-state index >= 15 is 0 Å². The second-order valence-corrected chi connectivity index (χ2v) is 6.74. The Bertz CT molecular complexity index is 724. The van der Waals surface area contributed by atoms with Gasteiger partial charge >= 0.3 is 0 Å². The highest BCUT2D eigenvalue weighted by atomic mass is 16.1. The number of hydrogen-bond donors (Lipinski definition) is 3. The number of hydrogen-bond acceptors (Lipinski definition) is 4. The molecule has 6 nitrogen and oxygen atoms in total. The van der Waals surface area contributed by atoms with Crippen LogP contribution in [-0.4, -0.2) is 40.6 Å². The van der Waals surface area contributed by atoms with Crippen LogP contribution in [0.4, 0.5) is 5.82 Å². The molecule has 24 heavy (non-hydrogen) atoms. The van der Waals surface area contributed by atoms with E-state index in [0.29, 0.717) is 24.0 Å². The van der Waals surface area contributed by atoms with Crippen LogP contribution in [0, 0.1) is 19.8 Å². The summed E-state index contributed by atoms with van der Waals surface area (Å²) in [4.78, 5) is 14.5. The van der Waals surface area contributed by atoms with Crippen molar-refractivity contribution in [3.05, 3.63) is 46.6 Å². The summed E-state index contributed by atoms with van der Waals surface area (Å²) in [6, 6.07) is 8.17. The van der Waals surface area contributed by atoms with Gasteiger partial charge < -0.3 is 11.1 Å². The average Bonchev–Trinajstić information content (AvgIpc) is 3.18. The van der Waals surface area contributed by atoms with Crippen LogP contribution < -0.4 is 11.1 Å². The molecule has 1 saturated heterocycles. The molecule has 1 amide bonds. The number of rotatable bonds is 5. The highest BCUT2D eigenvalue weighted by Gasteiger charge is 2.23. The van der Waals surface area contributed by atoms with Crippen LogP contribution >= 0.6 is 0 Å². The van der Waals surface area contributed by atoms with E-state index in [1.54, 1.807) is 6.07 Å². The van der Waals surface area contributed by atoms with Crippen LogP contribution in [0.3, 0.4) is 0 Å². The fourth-order valence-electron chi connectivity index (χ4n) is 3.22. The average molecular weight is 327 g/mol. The monoisotopic (exact) mass is 327 g/mol. The molecule has 1 aromatic carbocycles. The van der Waals surface area contributed by atoms with Gasteiger partial charge in [-0.1, -0.05) is 23.8 Å². The summed E-state index contributed by atoms with van der Waals surface area (Å²) in [5.41, 5.74) is 9.98. The maximum Gasteiger partial charge on any atom is 0.269 e. The number of aromatic nitrogens is 2. The summed E-state index contributed by atoms with van der Waals surface area (Å²) in [5, 5.41) is 9.38. The Morgan fingerprint density at radius 3 is 3.00 bits per heavy atom. The first-order valence-electron chi connectivity index (χ1n) is 8.39. The number of likely N-dealkylation sites (tertiary alicyclic amines) is 1. The molecule has 2 aromatic rings. The lowest BCUT2D eigenvalue weighted by Crippen LogP contribution is -2.31. The van der Waals surface area contributed by atoms with Crippen LogP contribution in [0.1, 0.15) is 33.6 Å². The Labute approximate surface area is 142 Å². The molecule has 0 radical (unpaired) electrons. The Morgan fingerprint density at radius 1 is 1.42 bits per heavy atom. The summed E-state index contributed by atoms with van der Waals surface area (Å²) in [6.45, 7) is 8.05. The lowest BCUT2D eigenvalue weighted by molar-refractivity contribution is 0.0942. The van der Waals surface area contributed by atoms with Crippen LogP contribution in [0.15, 0.2) is 24.3 Å². The lowest BCUT2D eigenvalue weighted by Gasteiger charge is -2.18. The molecule has 6 heteroatoms. The maximum absolute atomic E-state index is 12.0. The Balaban J connectivity index is 1.49. The minimum absolute atomic E-state index is 0.146. The first-order valence-corrected chi connectivity index (χ1v) is 8.39. The molecule has 0 aliphatic carbocycles. The van der Waals surface area contributed by atoms with Crippen molar-refractivity contribution < 1.29 is 4.79 Å². The Hall–Kier alpha value is -2.34. The molecule has 4 N–H and O–H groups in total. The molecule has 2 heterocycles. The second kappa shape index (κ2) is 7.05. The van der Waals surface area contributed by atoms with E-state index in [0.717, 1.165) is 26.1 Å². The zero-order valence-electron chi connectivity index (χ0n) is 14.3. The lowest BCUT2D eigenvalue weighted by atomic mass is 10.1.